The molecule has 0 radical (unpaired) electrons. The predicted octanol–water partition coefficient (Wildman–Crippen LogP) is 4.67. The molecule has 1 heterocycles. The molecular formula is C21H27NO4S. The molecule has 5 nitrogen and oxygen atoms in total. The zero-order valence-corrected chi connectivity index (χ0v) is 17.6. The molecule has 2 aromatic rings. The minimum Gasteiger partial charge on any atom is -0.465 e. The van der Waals surface area contributed by atoms with Crippen LogP contribution in [-0.4, -0.2) is 37.0 Å². The van der Waals surface area contributed by atoms with Gasteiger partial charge in [0.1, 0.15) is 6.54 Å². The summed E-state index contributed by atoms with van der Waals surface area (Å²) in [5.74, 6) is -0.590. The van der Waals surface area contributed by atoms with Crippen LogP contribution in [0, 0.1) is 6.92 Å². The lowest BCUT2D eigenvalue weighted by Crippen LogP contribution is -2.32. The van der Waals surface area contributed by atoms with Crippen molar-refractivity contribution in [2.75, 3.05) is 20.2 Å². The molecule has 146 valence electrons. The van der Waals surface area contributed by atoms with Gasteiger partial charge in [0.25, 0.3) is 5.91 Å². The third kappa shape index (κ3) is 5.63. The van der Waals surface area contributed by atoms with E-state index in [4.69, 9.17) is 9.15 Å². The largest absolute Gasteiger partial charge is 0.465 e. The molecule has 0 spiro atoms. The van der Waals surface area contributed by atoms with E-state index in [1.54, 1.807) is 26.1 Å². The van der Waals surface area contributed by atoms with Gasteiger partial charge in [0.2, 0.25) is 0 Å². The second-order valence-corrected chi connectivity index (χ2v) is 8.46. The summed E-state index contributed by atoms with van der Waals surface area (Å²) in [6.07, 6.45) is 0. The van der Waals surface area contributed by atoms with E-state index >= 15 is 0 Å². The molecule has 0 aliphatic rings. The SMILES string of the molecule is CCOC(=O)CN(C)C(=O)c1ccc(Sc2cc(C(C)(C)C)ccc2C)o1. The first-order valence-electron chi connectivity index (χ1n) is 8.91. The molecule has 0 atom stereocenters. The molecule has 1 aromatic carbocycles. The molecule has 0 aliphatic heterocycles. The van der Waals surface area contributed by atoms with E-state index in [0.717, 1.165) is 10.5 Å². The van der Waals surface area contributed by atoms with Crippen molar-refractivity contribution in [3.63, 3.8) is 0 Å². The Morgan fingerprint density at radius 2 is 1.89 bits per heavy atom. The fourth-order valence-corrected chi connectivity index (χ4v) is 3.33. The van der Waals surface area contributed by atoms with Crippen LogP contribution in [0.5, 0.6) is 0 Å². The number of carbonyl (C=O) groups is 2. The minimum absolute atomic E-state index is 0.0586. The van der Waals surface area contributed by atoms with Crippen LogP contribution in [0.15, 0.2) is 44.7 Å². The Balaban J connectivity index is 2.12. The summed E-state index contributed by atoms with van der Waals surface area (Å²) < 4.78 is 10.6. The highest BCUT2D eigenvalue weighted by atomic mass is 32.2. The molecule has 27 heavy (non-hydrogen) atoms. The van der Waals surface area contributed by atoms with Crippen molar-refractivity contribution in [1.82, 2.24) is 4.90 Å². The van der Waals surface area contributed by atoms with Gasteiger partial charge in [-0.15, -0.1) is 0 Å². The Labute approximate surface area is 165 Å². The van der Waals surface area contributed by atoms with Crippen molar-refractivity contribution in [3.8, 4) is 0 Å². The number of ether oxygens (including phenoxy) is 1. The Kier molecular flexibility index (Phi) is 6.76. The van der Waals surface area contributed by atoms with E-state index < -0.39 is 5.97 Å². The number of carbonyl (C=O) groups excluding carboxylic acids is 2. The Morgan fingerprint density at radius 1 is 1.19 bits per heavy atom. The number of esters is 1. The fraction of sp³-hybridized carbons (Fsp3) is 0.429. The van der Waals surface area contributed by atoms with E-state index in [9.17, 15) is 9.59 Å². The molecule has 0 unspecified atom stereocenters. The Bertz CT molecular complexity index is 820. The van der Waals surface area contributed by atoms with Gasteiger partial charge in [-0.1, -0.05) is 44.7 Å². The third-order valence-electron chi connectivity index (χ3n) is 4.08. The van der Waals surface area contributed by atoms with E-state index in [1.165, 1.54) is 22.2 Å². The van der Waals surface area contributed by atoms with Gasteiger partial charge in [-0.3, -0.25) is 9.59 Å². The van der Waals surface area contributed by atoms with Crippen LogP contribution in [0.3, 0.4) is 0 Å². The van der Waals surface area contributed by atoms with Gasteiger partial charge < -0.3 is 14.1 Å². The molecule has 1 aromatic heterocycles. The Morgan fingerprint density at radius 3 is 2.52 bits per heavy atom. The van der Waals surface area contributed by atoms with Gasteiger partial charge in [-0.2, -0.15) is 0 Å². The number of hydrogen-bond donors (Lipinski definition) is 0. The number of hydrogen-bond acceptors (Lipinski definition) is 5. The van der Waals surface area contributed by atoms with E-state index in [0.29, 0.717) is 5.09 Å². The van der Waals surface area contributed by atoms with Gasteiger partial charge in [-0.25, -0.2) is 0 Å². The topological polar surface area (TPSA) is 59.8 Å². The highest BCUT2D eigenvalue weighted by Gasteiger charge is 2.20. The number of likely N-dealkylation sites (N-methyl/N-ethyl adjacent to an activating group) is 1. The van der Waals surface area contributed by atoms with Gasteiger partial charge in [0.05, 0.1) is 6.61 Å². The first kappa shape index (κ1) is 21.1. The number of benzene rings is 1. The quantitative estimate of drug-likeness (QED) is 0.672. The first-order valence-corrected chi connectivity index (χ1v) is 9.73. The van der Waals surface area contributed by atoms with Crippen LogP contribution >= 0.6 is 11.8 Å². The monoisotopic (exact) mass is 389 g/mol. The second-order valence-electron chi connectivity index (χ2n) is 7.42. The van der Waals surface area contributed by atoms with Crippen LogP contribution in [0.4, 0.5) is 0 Å². The normalized spacial score (nSPS) is 11.3. The molecule has 2 rings (SSSR count). The van der Waals surface area contributed by atoms with Crippen molar-refractivity contribution >= 4 is 23.6 Å². The highest BCUT2D eigenvalue weighted by molar-refractivity contribution is 7.99. The predicted molar refractivity (Wildman–Crippen MR) is 106 cm³/mol. The Hall–Kier alpha value is -2.21. The van der Waals surface area contributed by atoms with Crippen molar-refractivity contribution in [1.29, 1.82) is 0 Å². The maximum atomic E-state index is 12.4. The highest BCUT2D eigenvalue weighted by Crippen LogP contribution is 2.35. The lowest BCUT2D eigenvalue weighted by atomic mass is 9.87. The van der Waals surface area contributed by atoms with Gasteiger partial charge >= 0.3 is 5.97 Å². The van der Waals surface area contributed by atoms with Crippen molar-refractivity contribution in [2.45, 2.75) is 50.0 Å². The minimum atomic E-state index is -0.441. The van der Waals surface area contributed by atoms with E-state index in [2.05, 4.69) is 45.9 Å². The summed E-state index contributed by atoms with van der Waals surface area (Å²) >= 11 is 1.49. The standard InChI is InChI=1S/C21H27NO4S/c1-7-25-18(23)13-22(6)20(24)16-10-11-19(26-16)27-17-12-15(21(3,4)5)9-8-14(17)2/h8-12H,7,13H2,1-6H3. The summed E-state index contributed by atoms with van der Waals surface area (Å²) in [4.78, 5) is 26.3. The van der Waals surface area contributed by atoms with Crippen LogP contribution in [0.1, 0.15) is 49.4 Å². The summed E-state index contributed by atoms with van der Waals surface area (Å²) in [7, 11) is 1.55. The number of amides is 1. The second kappa shape index (κ2) is 8.65. The number of rotatable bonds is 6. The molecule has 6 heteroatoms. The average molecular weight is 390 g/mol. The van der Waals surface area contributed by atoms with E-state index in [1.807, 2.05) is 0 Å². The molecule has 0 N–H and O–H groups in total. The molecule has 0 saturated carbocycles. The molecular weight excluding hydrogens is 362 g/mol. The van der Waals surface area contributed by atoms with Crippen molar-refractivity contribution < 1.29 is 18.7 Å². The lowest BCUT2D eigenvalue weighted by Gasteiger charge is -2.20. The first-order chi connectivity index (χ1) is 12.6. The van der Waals surface area contributed by atoms with Crippen molar-refractivity contribution in [2.24, 2.45) is 0 Å². The fourth-order valence-electron chi connectivity index (χ4n) is 2.44. The summed E-state index contributed by atoms with van der Waals surface area (Å²) in [6.45, 7) is 10.5. The molecule has 0 bridgehead atoms. The smallest absolute Gasteiger partial charge is 0.325 e. The lowest BCUT2D eigenvalue weighted by molar-refractivity contribution is -0.143. The summed E-state index contributed by atoms with van der Waals surface area (Å²) in [6, 6.07) is 9.82. The maximum Gasteiger partial charge on any atom is 0.325 e. The van der Waals surface area contributed by atoms with Crippen LogP contribution in [0.2, 0.25) is 0 Å². The van der Waals surface area contributed by atoms with Crippen LogP contribution in [0.25, 0.3) is 0 Å². The van der Waals surface area contributed by atoms with Crippen molar-refractivity contribution in [3.05, 3.63) is 47.2 Å². The number of nitrogens with zero attached hydrogens (tertiary/aromatic N) is 1. The third-order valence-corrected chi connectivity index (χ3v) is 5.16. The van der Waals surface area contributed by atoms with Gasteiger partial charge in [0, 0.05) is 11.9 Å². The number of furan rings is 1. The molecule has 0 aliphatic carbocycles. The van der Waals surface area contributed by atoms with Crippen LogP contribution < -0.4 is 0 Å². The zero-order chi connectivity index (χ0) is 20.2. The molecule has 0 saturated heterocycles. The summed E-state index contributed by atoms with van der Waals surface area (Å²) in [5.41, 5.74) is 2.45. The summed E-state index contributed by atoms with van der Waals surface area (Å²) in [5, 5.41) is 0.636. The zero-order valence-electron chi connectivity index (χ0n) is 16.8. The maximum absolute atomic E-state index is 12.4. The number of aryl methyl sites for hydroxylation is 1. The van der Waals surface area contributed by atoms with Gasteiger partial charge in [0.15, 0.2) is 10.9 Å². The average Bonchev–Trinajstić information content (AvgIpc) is 3.03. The molecule has 0 fully saturated rings. The van der Waals surface area contributed by atoms with Crippen LogP contribution in [-0.2, 0) is 14.9 Å². The van der Waals surface area contributed by atoms with E-state index in [-0.39, 0.29) is 30.2 Å². The van der Waals surface area contributed by atoms with Gasteiger partial charge in [-0.05, 0) is 48.6 Å². The molecule has 1 amide bonds.